The van der Waals surface area contributed by atoms with E-state index in [1.165, 1.54) is 94.7 Å². The lowest BCUT2D eigenvalue weighted by Crippen LogP contribution is -2.57. The quantitative estimate of drug-likeness (QED) is 0.142. The van der Waals surface area contributed by atoms with Crippen molar-refractivity contribution in [3.63, 3.8) is 0 Å². The molecule has 4 aromatic rings. The molecule has 0 spiro atoms. The molecule has 3 fully saturated rings. The number of amides is 1. The largest absolute Gasteiger partial charge is 0.403 e. The summed E-state index contributed by atoms with van der Waals surface area (Å²) in [6, 6.07) is 20.5. The predicted molar refractivity (Wildman–Crippen MR) is 203 cm³/mol. The zero-order chi connectivity index (χ0) is 39.8. The van der Waals surface area contributed by atoms with Gasteiger partial charge in [0.05, 0.1) is 18.6 Å². The van der Waals surface area contributed by atoms with Crippen LogP contribution in [0.5, 0.6) is 0 Å². The Kier molecular flexibility index (Phi) is 14.0. The van der Waals surface area contributed by atoms with E-state index >= 15 is 0 Å². The number of pyridine rings is 1. The number of carbonyl (C=O) groups excluding carboxylic acids is 2. The smallest absolute Gasteiger partial charge is 0.388 e. The van der Waals surface area contributed by atoms with Gasteiger partial charge in [0.1, 0.15) is 11.7 Å². The van der Waals surface area contributed by atoms with Crippen LogP contribution in [0.15, 0.2) is 60.8 Å². The van der Waals surface area contributed by atoms with Crippen molar-refractivity contribution in [2.24, 2.45) is 5.41 Å². The van der Waals surface area contributed by atoms with Crippen LogP contribution in [-0.2, 0) is 20.9 Å². The Labute approximate surface area is 318 Å². The number of rotatable bonds is 8. The van der Waals surface area contributed by atoms with Crippen LogP contribution in [0.25, 0.3) is 32.8 Å². The minimum atomic E-state index is -4.88. The van der Waals surface area contributed by atoms with Crippen LogP contribution in [0, 0.1) is 12.3 Å². The van der Waals surface area contributed by atoms with Crippen LogP contribution in [0.2, 0.25) is 0 Å². The van der Waals surface area contributed by atoms with E-state index in [0.29, 0.717) is 5.92 Å². The minimum absolute atomic E-state index is 0.237. The van der Waals surface area contributed by atoms with E-state index in [1.807, 2.05) is 11.5 Å². The Balaban J connectivity index is 0.000000212. The van der Waals surface area contributed by atoms with Crippen LogP contribution in [0.1, 0.15) is 67.6 Å². The summed E-state index contributed by atoms with van der Waals surface area (Å²) in [6.45, 7) is 2.83. The molecule has 298 valence electrons. The Bertz CT molecular complexity index is 1910. The highest BCUT2D eigenvalue weighted by Crippen LogP contribution is 2.49. The molecule has 2 aliphatic heterocycles. The lowest BCUT2D eigenvalue weighted by atomic mass is 9.76. The van der Waals surface area contributed by atoms with Crippen molar-refractivity contribution in [2.75, 3.05) is 53.5 Å². The Morgan fingerprint density at radius 3 is 2.15 bits per heavy atom. The van der Waals surface area contributed by atoms with Gasteiger partial charge >= 0.3 is 12.4 Å². The summed E-state index contributed by atoms with van der Waals surface area (Å²) in [4.78, 5) is 30.3. The number of aldehydes is 1. The molecule has 0 radical (unpaired) electrons. The van der Waals surface area contributed by atoms with Gasteiger partial charge in [-0.15, -0.1) is 0 Å². The van der Waals surface area contributed by atoms with Crippen LogP contribution in [0.4, 0.5) is 26.3 Å². The molecule has 7 rings (SSSR count). The van der Waals surface area contributed by atoms with Gasteiger partial charge in [-0.25, -0.2) is 0 Å². The number of piperidine rings is 2. The maximum absolute atomic E-state index is 13.1. The van der Waals surface area contributed by atoms with Gasteiger partial charge in [-0.05, 0) is 117 Å². The molecule has 0 unspecified atom stereocenters. The highest BCUT2D eigenvalue weighted by molar-refractivity contribution is 6.06. The van der Waals surface area contributed by atoms with Gasteiger partial charge in [-0.2, -0.15) is 26.3 Å². The number of benzene rings is 3. The SMILES string of the molecule is COC.Cc1cccc2c(-c3c(C4CC4)ccc4c(CN5CCCCC5)ccnc34)cccc12.O=CCNC(=O)C1(C(F)(F)F)CCN(CC(F)(F)F)CC1. The minimum Gasteiger partial charge on any atom is -0.388 e. The number of ether oxygens (including phenoxy) is 1. The molecular formula is C42H50F6N4O3. The first-order valence-corrected chi connectivity index (χ1v) is 18.8. The number of hydrogen-bond acceptors (Lipinski definition) is 6. The number of nitrogens with one attached hydrogen (secondary N) is 1. The number of carbonyl (C=O) groups is 2. The second-order valence-electron chi connectivity index (χ2n) is 14.7. The Morgan fingerprint density at radius 1 is 0.873 bits per heavy atom. The molecule has 2 saturated heterocycles. The summed E-state index contributed by atoms with van der Waals surface area (Å²) in [6.07, 6.45) is -2.00. The standard InChI is InChI=1S/C29H30N2.C11H14F6N2O2.C2H6O/c1-20-7-5-9-26-23(20)8-6-10-27(26)28-24(21-11-12-21)13-14-25-22(15-16-30-29(25)28)19-31-17-3-2-4-18-31;12-10(13,14)7-19-4-1-9(2-5-19,11(15,16)17)8(21)18-3-6-20;1-3-2/h5-10,13-16,21H,2-4,11-12,17-19H2,1H3;6H,1-5,7H2,(H,18,21);1-2H3. The number of aromatic nitrogens is 1. The first-order valence-electron chi connectivity index (χ1n) is 18.8. The molecule has 13 heteroatoms. The van der Waals surface area contributed by atoms with Gasteiger partial charge in [-0.1, -0.05) is 55.0 Å². The van der Waals surface area contributed by atoms with Gasteiger partial charge < -0.3 is 14.8 Å². The first kappa shape index (κ1) is 42.1. The number of fused-ring (bicyclic) bond motifs is 2. The number of likely N-dealkylation sites (tertiary alicyclic amines) is 2. The second-order valence-corrected chi connectivity index (χ2v) is 14.7. The molecule has 1 amide bonds. The normalized spacial score (nSPS) is 17.8. The summed E-state index contributed by atoms with van der Waals surface area (Å²) >= 11 is 0. The summed E-state index contributed by atoms with van der Waals surface area (Å²) in [7, 11) is 3.25. The van der Waals surface area contributed by atoms with Crippen LogP contribution in [-0.4, -0.2) is 92.8 Å². The number of hydrogen-bond donors (Lipinski definition) is 1. The van der Waals surface area contributed by atoms with E-state index in [1.54, 1.807) is 14.2 Å². The van der Waals surface area contributed by atoms with Crippen molar-refractivity contribution in [1.29, 1.82) is 0 Å². The molecule has 55 heavy (non-hydrogen) atoms. The third-order valence-corrected chi connectivity index (χ3v) is 10.7. The fourth-order valence-electron chi connectivity index (χ4n) is 7.78. The van der Waals surface area contributed by atoms with E-state index in [2.05, 4.69) is 71.2 Å². The molecule has 1 saturated carbocycles. The van der Waals surface area contributed by atoms with Gasteiger partial charge in [0.25, 0.3) is 0 Å². The van der Waals surface area contributed by atoms with Crippen LogP contribution < -0.4 is 5.32 Å². The van der Waals surface area contributed by atoms with Crippen molar-refractivity contribution in [3.8, 4) is 11.1 Å². The van der Waals surface area contributed by atoms with Gasteiger partial charge in [0, 0.05) is 37.9 Å². The van der Waals surface area contributed by atoms with Crippen molar-refractivity contribution in [3.05, 3.63) is 77.5 Å². The topological polar surface area (TPSA) is 74.8 Å². The molecule has 1 N–H and O–H groups in total. The van der Waals surface area contributed by atoms with E-state index in [0.717, 1.165) is 11.4 Å². The molecular weight excluding hydrogens is 722 g/mol. The molecule has 0 bridgehead atoms. The number of halogens is 6. The van der Waals surface area contributed by atoms with Crippen molar-refractivity contribution in [1.82, 2.24) is 20.1 Å². The molecule has 3 heterocycles. The second kappa shape index (κ2) is 18.3. The van der Waals surface area contributed by atoms with Gasteiger partial charge in [0.2, 0.25) is 5.91 Å². The third-order valence-electron chi connectivity index (χ3n) is 10.7. The summed E-state index contributed by atoms with van der Waals surface area (Å²) < 4.78 is 80.3. The van der Waals surface area contributed by atoms with E-state index in [-0.39, 0.29) is 6.29 Å². The van der Waals surface area contributed by atoms with E-state index in [4.69, 9.17) is 4.98 Å². The molecule has 7 nitrogen and oxygen atoms in total. The number of nitrogens with zero attached hydrogens (tertiary/aromatic N) is 3. The van der Waals surface area contributed by atoms with E-state index in [9.17, 15) is 35.9 Å². The highest BCUT2D eigenvalue weighted by Gasteiger charge is 2.61. The highest BCUT2D eigenvalue weighted by atomic mass is 19.4. The maximum atomic E-state index is 13.1. The molecule has 3 aliphatic rings. The Morgan fingerprint density at radius 2 is 1.53 bits per heavy atom. The van der Waals surface area contributed by atoms with Crippen molar-refractivity contribution < 1.29 is 40.7 Å². The van der Waals surface area contributed by atoms with Crippen LogP contribution >= 0.6 is 0 Å². The molecule has 0 atom stereocenters. The molecule has 1 aromatic heterocycles. The van der Waals surface area contributed by atoms with Crippen LogP contribution in [0.3, 0.4) is 0 Å². The maximum Gasteiger partial charge on any atom is 0.403 e. The molecule has 1 aliphatic carbocycles. The van der Waals surface area contributed by atoms with E-state index < -0.39 is 62.7 Å². The zero-order valence-electron chi connectivity index (χ0n) is 31.7. The summed E-state index contributed by atoms with van der Waals surface area (Å²) in [5.41, 5.74) is 5.42. The fourth-order valence-corrected chi connectivity index (χ4v) is 7.78. The average Bonchev–Trinajstić information content (AvgIpc) is 4.00. The monoisotopic (exact) mass is 772 g/mol. The number of methoxy groups -OCH3 is 1. The lowest BCUT2D eigenvalue weighted by Gasteiger charge is -2.41. The number of alkyl halides is 6. The number of aryl methyl sites for hydroxylation is 1. The van der Waals surface area contributed by atoms with Gasteiger partial charge in [-0.3, -0.25) is 19.6 Å². The first-order chi connectivity index (χ1) is 26.2. The lowest BCUT2D eigenvalue weighted by molar-refractivity contribution is -0.235. The average molecular weight is 773 g/mol. The third kappa shape index (κ3) is 10.2. The van der Waals surface area contributed by atoms with Crippen molar-refractivity contribution in [2.45, 2.75) is 76.7 Å². The summed E-state index contributed by atoms with van der Waals surface area (Å²) in [5, 5.41) is 5.87. The zero-order valence-corrected chi connectivity index (χ0v) is 31.7. The fraction of sp³-hybridized carbons (Fsp3) is 0.500. The summed E-state index contributed by atoms with van der Waals surface area (Å²) in [5.74, 6) is -0.680. The Hall–Kier alpha value is -4.07. The van der Waals surface area contributed by atoms with Gasteiger partial charge in [0.15, 0.2) is 0 Å². The van der Waals surface area contributed by atoms with Crippen molar-refractivity contribution >= 4 is 33.9 Å². The molecule has 3 aromatic carbocycles. The predicted octanol–water partition coefficient (Wildman–Crippen LogP) is 9.00.